The van der Waals surface area contributed by atoms with E-state index in [2.05, 4.69) is 5.32 Å². The van der Waals surface area contributed by atoms with Crippen LogP contribution in [0.3, 0.4) is 0 Å². The smallest absolute Gasteiger partial charge is 0.287 e. The number of nitrogens with one attached hydrogen (secondary N) is 1. The molecular formula is C10H14ClNO3. The largest absolute Gasteiger partial charge is 0.440 e. The lowest BCUT2D eigenvalue weighted by molar-refractivity contribution is 0.0819. The molecule has 1 aromatic rings. The number of rotatable bonds is 4. The maximum absolute atomic E-state index is 11.6. The first kappa shape index (κ1) is 12.1. The first-order valence-corrected chi connectivity index (χ1v) is 5.07. The minimum atomic E-state index is -0.629. The molecule has 0 spiro atoms. The lowest BCUT2D eigenvalue weighted by atomic mass is 10.0. The highest BCUT2D eigenvalue weighted by Gasteiger charge is 2.25. The van der Waals surface area contributed by atoms with E-state index in [0.717, 1.165) is 0 Å². The van der Waals surface area contributed by atoms with Crippen molar-refractivity contribution in [3.63, 3.8) is 0 Å². The van der Waals surface area contributed by atoms with Gasteiger partial charge in [0.25, 0.3) is 5.91 Å². The van der Waals surface area contributed by atoms with Gasteiger partial charge in [-0.1, -0.05) is 6.92 Å². The van der Waals surface area contributed by atoms with Crippen molar-refractivity contribution >= 4 is 17.5 Å². The van der Waals surface area contributed by atoms with Crippen molar-refractivity contribution in [1.29, 1.82) is 0 Å². The van der Waals surface area contributed by atoms with Gasteiger partial charge in [-0.05, 0) is 37.1 Å². The molecule has 2 N–H and O–H groups in total. The van der Waals surface area contributed by atoms with Gasteiger partial charge in [0.1, 0.15) is 0 Å². The van der Waals surface area contributed by atoms with Gasteiger partial charge in [-0.2, -0.15) is 0 Å². The fraction of sp³-hybridized carbons (Fsp3) is 0.500. The Balaban J connectivity index is 2.71. The maximum atomic E-state index is 11.6. The van der Waals surface area contributed by atoms with Crippen molar-refractivity contribution in [2.24, 2.45) is 0 Å². The van der Waals surface area contributed by atoms with E-state index in [1.54, 1.807) is 6.92 Å². The summed E-state index contributed by atoms with van der Waals surface area (Å²) in [6, 6.07) is 2.99. The molecule has 0 aromatic carbocycles. The van der Waals surface area contributed by atoms with Gasteiger partial charge in [-0.25, -0.2) is 0 Å². The molecule has 1 aromatic heterocycles. The van der Waals surface area contributed by atoms with Crippen LogP contribution in [0, 0.1) is 0 Å². The molecule has 0 saturated heterocycles. The minimum Gasteiger partial charge on any atom is -0.440 e. The fourth-order valence-corrected chi connectivity index (χ4v) is 1.16. The highest BCUT2D eigenvalue weighted by atomic mass is 35.5. The fourth-order valence-electron chi connectivity index (χ4n) is 1.01. The third-order valence-corrected chi connectivity index (χ3v) is 2.54. The second-order valence-corrected chi connectivity index (χ2v) is 4.00. The molecule has 0 fully saturated rings. The van der Waals surface area contributed by atoms with Crippen molar-refractivity contribution in [1.82, 2.24) is 5.32 Å². The number of aliphatic hydroxyl groups is 1. The van der Waals surface area contributed by atoms with Gasteiger partial charge in [-0.15, -0.1) is 0 Å². The normalized spacial score (nSPS) is 14.7. The summed E-state index contributed by atoms with van der Waals surface area (Å²) in [4.78, 5) is 11.6. The molecular weight excluding hydrogens is 218 g/mol. The van der Waals surface area contributed by atoms with E-state index in [0.29, 0.717) is 6.42 Å². The molecule has 84 valence electrons. The van der Waals surface area contributed by atoms with Crippen LogP contribution in [-0.4, -0.2) is 23.2 Å². The van der Waals surface area contributed by atoms with E-state index < -0.39 is 5.54 Å². The molecule has 1 rings (SSSR count). The predicted molar refractivity (Wildman–Crippen MR) is 57.0 cm³/mol. The van der Waals surface area contributed by atoms with Crippen LogP contribution in [0.2, 0.25) is 5.22 Å². The van der Waals surface area contributed by atoms with E-state index in [9.17, 15) is 4.79 Å². The predicted octanol–water partition coefficient (Wildman–Crippen LogP) is 1.82. The third-order valence-electron chi connectivity index (χ3n) is 2.34. The van der Waals surface area contributed by atoms with Crippen LogP contribution in [0.1, 0.15) is 30.8 Å². The molecule has 0 aliphatic carbocycles. The van der Waals surface area contributed by atoms with Gasteiger partial charge < -0.3 is 14.8 Å². The summed E-state index contributed by atoms with van der Waals surface area (Å²) in [5, 5.41) is 12.0. The summed E-state index contributed by atoms with van der Waals surface area (Å²) in [6.45, 7) is 3.52. The van der Waals surface area contributed by atoms with Gasteiger partial charge in [0.05, 0.1) is 12.1 Å². The Morgan fingerprint density at radius 2 is 2.33 bits per heavy atom. The first-order valence-electron chi connectivity index (χ1n) is 4.69. The second kappa shape index (κ2) is 4.68. The minimum absolute atomic E-state index is 0.121. The van der Waals surface area contributed by atoms with E-state index in [-0.39, 0.29) is 23.5 Å². The van der Waals surface area contributed by atoms with E-state index in [1.165, 1.54) is 12.1 Å². The molecule has 5 heteroatoms. The standard InChI is InChI=1S/C10H14ClNO3/c1-3-10(2,6-13)12-9(14)7-4-5-8(11)15-7/h4-5,13H,3,6H2,1-2H3,(H,12,14). The Labute approximate surface area is 93.2 Å². The van der Waals surface area contributed by atoms with Crippen LogP contribution in [-0.2, 0) is 0 Å². The molecule has 0 aliphatic rings. The Bertz CT molecular complexity index is 344. The zero-order valence-electron chi connectivity index (χ0n) is 8.71. The number of furan rings is 1. The second-order valence-electron chi connectivity index (χ2n) is 3.63. The van der Waals surface area contributed by atoms with Crippen molar-refractivity contribution in [2.45, 2.75) is 25.8 Å². The SMILES string of the molecule is CCC(C)(CO)NC(=O)c1ccc(Cl)o1. The Morgan fingerprint density at radius 1 is 1.67 bits per heavy atom. The summed E-state index contributed by atoms with van der Waals surface area (Å²) in [7, 11) is 0. The highest BCUT2D eigenvalue weighted by Crippen LogP contribution is 2.15. The highest BCUT2D eigenvalue weighted by molar-refractivity contribution is 6.29. The number of halogens is 1. The molecule has 0 radical (unpaired) electrons. The number of aliphatic hydroxyl groups excluding tert-OH is 1. The summed E-state index contributed by atoms with van der Waals surface area (Å²) in [6.07, 6.45) is 0.629. The monoisotopic (exact) mass is 231 g/mol. The van der Waals surface area contributed by atoms with E-state index in [4.69, 9.17) is 21.1 Å². The van der Waals surface area contributed by atoms with Crippen molar-refractivity contribution < 1.29 is 14.3 Å². The van der Waals surface area contributed by atoms with E-state index >= 15 is 0 Å². The average molecular weight is 232 g/mol. The lowest BCUT2D eigenvalue weighted by Crippen LogP contribution is -2.48. The van der Waals surface area contributed by atoms with Gasteiger partial charge in [0, 0.05) is 0 Å². The Morgan fingerprint density at radius 3 is 2.73 bits per heavy atom. The third kappa shape index (κ3) is 2.97. The summed E-state index contributed by atoms with van der Waals surface area (Å²) >= 11 is 5.55. The van der Waals surface area contributed by atoms with Crippen LogP contribution in [0.5, 0.6) is 0 Å². The quantitative estimate of drug-likeness (QED) is 0.831. The molecule has 15 heavy (non-hydrogen) atoms. The van der Waals surface area contributed by atoms with Gasteiger partial charge in [-0.3, -0.25) is 4.79 Å². The average Bonchev–Trinajstić information content (AvgIpc) is 2.65. The van der Waals surface area contributed by atoms with E-state index in [1.807, 2.05) is 6.92 Å². The molecule has 1 heterocycles. The summed E-state index contributed by atoms with van der Waals surface area (Å²) in [5.74, 6) is -0.228. The van der Waals surface area contributed by atoms with Crippen LogP contribution < -0.4 is 5.32 Å². The zero-order valence-corrected chi connectivity index (χ0v) is 9.47. The number of hydrogen-bond donors (Lipinski definition) is 2. The van der Waals surface area contributed by atoms with Crippen molar-refractivity contribution in [3.05, 3.63) is 23.1 Å². The van der Waals surface area contributed by atoms with Gasteiger partial charge in [0.15, 0.2) is 11.0 Å². The molecule has 0 saturated carbocycles. The molecule has 1 atom stereocenters. The topological polar surface area (TPSA) is 62.5 Å². The zero-order chi connectivity index (χ0) is 11.5. The number of carbonyl (C=O) groups excluding carboxylic acids is 1. The summed E-state index contributed by atoms with van der Waals surface area (Å²) in [5.41, 5.74) is -0.629. The molecule has 1 amide bonds. The Hall–Kier alpha value is -1.00. The number of carbonyl (C=O) groups is 1. The molecule has 4 nitrogen and oxygen atoms in total. The maximum Gasteiger partial charge on any atom is 0.287 e. The lowest BCUT2D eigenvalue weighted by Gasteiger charge is -2.26. The molecule has 0 bridgehead atoms. The van der Waals surface area contributed by atoms with Gasteiger partial charge in [0.2, 0.25) is 0 Å². The van der Waals surface area contributed by atoms with Crippen LogP contribution in [0.15, 0.2) is 16.5 Å². The Kier molecular flexibility index (Phi) is 3.77. The number of amides is 1. The van der Waals surface area contributed by atoms with Crippen molar-refractivity contribution in [3.8, 4) is 0 Å². The van der Waals surface area contributed by atoms with Crippen LogP contribution >= 0.6 is 11.6 Å². The first-order chi connectivity index (χ1) is 7.00. The van der Waals surface area contributed by atoms with Gasteiger partial charge >= 0.3 is 0 Å². The van der Waals surface area contributed by atoms with Crippen LogP contribution in [0.25, 0.3) is 0 Å². The number of hydrogen-bond acceptors (Lipinski definition) is 3. The molecule has 1 unspecified atom stereocenters. The summed E-state index contributed by atoms with van der Waals surface area (Å²) < 4.78 is 4.95. The van der Waals surface area contributed by atoms with Crippen molar-refractivity contribution in [2.75, 3.05) is 6.61 Å². The van der Waals surface area contributed by atoms with Crippen LogP contribution in [0.4, 0.5) is 0 Å². The molecule has 0 aliphatic heterocycles.